The predicted molar refractivity (Wildman–Crippen MR) is 137 cm³/mol. The minimum Gasteiger partial charge on any atom is -0.507 e. The van der Waals surface area contributed by atoms with Crippen molar-refractivity contribution in [3.63, 3.8) is 0 Å². The van der Waals surface area contributed by atoms with Crippen LogP contribution in [0.15, 0.2) is 69.9 Å². The van der Waals surface area contributed by atoms with Crippen molar-refractivity contribution in [3.05, 3.63) is 105 Å². The van der Waals surface area contributed by atoms with Crippen molar-refractivity contribution in [3.8, 4) is 11.5 Å². The Bertz CT molecular complexity index is 1420. The van der Waals surface area contributed by atoms with Gasteiger partial charge in [0.1, 0.15) is 22.9 Å². The van der Waals surface area contributed by atoms with Crippen molar-refractivity contribution < 1.29 is 19.0 Å². The van der Waals surface area contributed by atoms with Crippen LogP contribution in [0, 0.1) is 5.82 Å². The minimum atomic E-state index is -0.751. The van der Waals surface area contributed by atoms with E-state index < -0.39 is 28.2 Å². The lowest BCUT2D eigenvalue weighted by atomic mass is 9.75. The molecular weight excluding hydrogens is 443 g/mol. The summed E-state index contributed by atoms with van der Waals surface area (Å²) in [6.07, 6.45) is 0. The zero-order valence-corrected chi connectivity index (χ0v) is 20.9. The van der Waals surface area contributed by atoms with E-state index in [1.807, 2.05) is 53.7 Å². The molecule has 0 radical (unpaired) electrons. The molecule has 182 valence electrons. The molecule has 0 bridgehead atoms. The molecule has 0 spiro atoms. The Morgan fingerprint density at radius 3 is 1.86 bits per heavy atom. The third-order valence-electron chi connectivity index (χ3n) is 6.39. The topological polar surface area (TPSA) is 70.7 Å². The first-order valence-electron chi connectivity index (χ1n) is 11.7. The highest BCUT2D eigenvalue weighted by atomic mass is 19.1. The van der Waals surface area contributed by atoms with Gasteiger partial charge in [-0.3, -0.25) is 0 Å². The summed E-state index contributed by atoms with van der Waals surface area (Å²) in [4.78, 5) is 13.3. The molecule has 4 aromatic rings. The average Bonchev–Trinajstić information content (AvgIpc) is 2.76. The van der Waals surface area contributed by atoms with Crippen molar-refractivity contribution in [1.82, 2.24) is 0 Å². The fourth-order valence-electron chi connectivity index (χ4n) is 4.55. The Hall–Kier alpha value is -3.60. The highest BCUT2D eigenvalue weighted by Gasteiger charge is 2.32. The molecule has 2 N–H and O–H groups in total. The molecule has 1 heterocycles. The van der Waals surface area contributed by atoms with Crippen LogP contribution in [0.4, 0.5) is 4.39 Å². The largest absolute Gasteiger partial charge is 0.507 e. The lowest BCUT2D eigenvalue weighted by Gasteiger charge is -2.30. The second kappa shape index (κ2) is 8.56. The van der Waals surface area contributed by atoms with Gasteiger partial charge in [0.2, 0.25) is 0 Å². The normalized spacial score (nSPS) is 13.2. The van der Waals surface area contributed by atoms with Gasteiger partial charge in [-0.25, -0.2) is 9.18 Å². The first kappa shape index (κ1) is 24.5. The number of para-hydroxylation sites is 1. The number of phenolic OH excluding ortho intramolecular Hbond substituents is 1. The van der Waals surface area contributed by atoms with Gasteiger partial charge in [-0.1, -0.05) is 77.9 Å². The quantitative estimate of drug-likeness (QED) is 0.310. The summed E-state index contributed by atoms with van der Waals surface area (Å²) in [5.41, 5.74) is 1.64. The summed E-state index contributed by atoms with van der Waals surface area (Å²) in [6.45, 7) is 12.0. The van der Waals surface area contributed by atoms with Gasteiger partial charge in [0.25, 0.3) is 0 Å². The fraction of sp³-hybridized carbons (Fsp3) is 0.300. The van der Waals surface area contributed by atoms with Crippen molar-refractivity contribution >= 4 is 11.0 Å². The average molecular weight is 475 g/mol. The monoisotopic (exact) mass is 474 g/mol. The van der Waals surface area contributed by atoms with Crippen molar-refractivity contribution in [2.45, 2.75) is 58.3 Å². The van der Waals surface area contributed by atoms with Crippen molar-refractivity contribution in [2.24, 2.45) is 0 Å². The van der Waals surface area contributed by atoms with Crippen LogP contribution in [-0.2, 0) is 10.8 Å². The maximum atomic E-state index is 13.9. The molecule has 0 aliphatic carbocycles. The molecule has 0 saturated heterocycles. The molecular formula is C30H31FO4. The Balaban J connectivity index is 2.12. The van der Waals surface area contributed by atoms with E-state index in [0.717, 1.165) is 11.1 Å². The summed E-state index contributed by atoms with van der Waals surface area (Å²) in [5.74, 6) is -1.12. The van der Waals surface area contributed by atoms with Crippen LogP contribution in [-0.4, -0.2) is 10.2 Å². The Morgan fingerprint density at radius 2 is 1.31 bits per heavy atom. The van der Waals surface area contributed by atoms with Crippen molar-refractivity contribution in [2.75, 3.05) is 0 Å². The summed E-state index contributed by atoms with van der Waals surface area (Å²) in [6, 6.07) is 16.4. The molecule has 5 heteroatoms. The van der Waals surface area contributed by atoms with Crippen LogP contribution in [0.3, 0.4) is 0 Å². The molecule has 1 aromatic heterocycles. The highest BCUT2D eigenvalue weighted by molar-refractivity contribution is 5.84. The van der Waals surface area contributed by atoms with E-state index in [2.05, 4.69) is 0 Å². The van der Waals surface area contributed by atoms with E-state index in [4.69, 9.17) is 4.42 Å². The van der Waals surface area contributed by atoms with Gasteiger partial charge in [-0.2, -0.15) is 0 Å². The highest BCUT2D eigenvalue weighted by Crippen LogP contribution is 2.45. The molecule has 0 fully saturated rings. The number of phenols is 1. The summed E-state index contributed by atoms with van der Waals surface area (Å²) in [7, 11) is 0. The first-order chi connectivity index (χ1) is 16.3. The molecule has 1 atom stereocenters. The Morgan fingerprint density at radius 1 is 0.771 bits per heavy atom. The molecule has 0 aliphatic heterocycles. The van der Waals surface area contributed by atoms with Crippen LogP contribution in [0.1, 0.15) is 75.3 Å². The van der Waals surface area contributed by atoms with Gasteiger partial charge in [0.05, 0.1) is 10.9 Å². The van der Waals surface area contributed by atoms with E-state index in [1.165, 1.54) is 12.1 Å². The van der Waals surface area contributed by atoms with Gasteiger partial charge >= 0.3 is 5.63 Å². The molecule has 35 heavy (non-hydrogen) atoms. The van der Waals surface area contributed by atoms with Crippen LogP contribution >= 0.6 is 0 Å². The van der Waals surface area contributed by atoms with Crippen LogP contribution in [0.5, 0.6) is 11.5 Å². The first-order valence-corrected chi connectivity index (χ1v) is 11.7. The van der Waals surface area contributed by atoms with E-state index in [9.17, 15) is 19.4 Å². The van der Waals surface area contributed by atoms with Crippen LogP contribution in [0.2, 0.25) is 0 Å². The summed E-state index contributed by atoms with van der Waals surface area (Å²) in [5, 5.41) is 22.9. The van der Waals surface area contributed by atoms with E-state index >= 15 is 0 Å². The predicted octanol–water partition coefficient (Wildman–Crippen LogP) is 7.12. The van der Waals surface area contributed by atoms with Gasteiger partial charge in [-0.05, 0) is 57.3 Å². The minimum absolute atomic E-state index is 0.0701. The Kier molecular flexibility index (Phi) is 6.00. The summed E-state index contributed by atoms with van der Waals surface area (Å²) < 4.78 is 19.5. The lowest BCUT2D eigenvalue weighted by Crippen LogP contribution is -2.21. The molecule has 3 aromatic carbocycles. The fourth-order valence-corrected chi connectivity index (χ4v) is 4.55. The standard InChI is InChI=1S/C30H31FO4/c1-29(2,3)21-15-18(16-22(27(21)33)30(4,5)6)24(17-11-13-19(31)14-12-17)25-26(32)20-9-7-8-10-23(20)35-28(25)34/h7-16,24,32-33H,1-6H3. The number of hydrogen-bond donors (Lipinski definition) is 2. The van der Waals surface area contributed by atoms with Crippen LogP contribution < -0.4 is 5.63 Å². The van der Waals surface area contributed by atoms with E-state index in [0.29, 0.717) is 16.5 Å². The summed E-state index contributed by atoms with van der Waals surface area (Å²) >= 11 is 0. The number of fused-ring (bicyclic) bond motifs is 1. The zero-order chi connectivity index (χ0) is 25.7. The van der Waals surface area contributed by atoms with E-state index in [-0.39, 0.29) is 22.6 Å². The van der Waals surface area contributed by atoms with Gasteiger partial charge in [0.15, 0.2) is 0 Å². The third kappa shape index (κ3) is 4.55. The number of rotatable bonds is 3. The zero-order valence-electron chi connectivity index (χ0n) is 20.9. The van der Waals surface area contributed by atoms with Gasteiger partial charge in [0, 0.05) is 5.92 Å². The number of hydrogen-bond acceptors (Lipinski definition) is 4. The molecule has 4 rings (SSSR count). The Labute approximate surface area is 204 Å². The van der Waals surface area contributed by atoms with Gasteiger partial charge < -0.3 is 14.6 Å². The molecule has 4 nitrogen and oxygen atoms in total. The second-order valence-corrected chi connectivity index (χ2v) is 11.1. The molecule has 0 aliphatic rings. The van der Waals surface area contributed by atoms with Crippen LogP contribution in [0.25, 0.3) is 11.0 Å². The molecule has 0 saturated carbocycles. The number of halogens is 1. The number of aromatic hydroxyl groups is 2. The maximum Gasteiger partial charge on any atom is 0.344 e. The van der Waals surface area contributed by atoms with Crippen molar-refractivity contribution in [1.29, 1.82) is 0 Å². The maximum absolute atomic E-state index is 13.9. The molecule has 0 amide bonds. The second-order valence-electron chi connectivity index (χ2n) is 11.1. The van der Waals surface area contributed by atoms with Gasteiger partial charge in [-0.15, -0.1) is 0 Å². The smallest absolute Gasteiger partial charge is 0.344 e. The molecule has 1 unspecified atom stereocenters. The van der Waals surface area contributed by atoms with E-state index in [1.54, 1.807) is 36.4 Å². The lowest BCUT2D eigenvalue weighted by molar-refractivity contribution is 0.422. The number of benzene rings is 3. The third-order valence-corrected chi connectivity index (χ3v) is 6.39. The SMILES string of the molecule is CC(C)(C)c1cc(C(c2ccc(F)cc2)c2c(O)c3ccccc3oc2=O)cc(C(C)(C)C)c1O.